The number of thiophene rings is 1. The van der Waals surface area contributed by atoms with Crippen molar-refractivity contribution in [1.82, 2.24) is 9.97 Å². The van der Waals surface area contributed by atoms with Crippen LogP contribution in [0.2, 0.25) is 0 Å². The second-order valence-corrected chi connectivity index (χ2v) is 14.7. The SMILES string of the molecule is C/C=C(\C=C(/C)c1cnc2c3ccccc3c3ccccc3c2n1)c1ccc(-c2ccc(-c3cccc4c3sc3ccccc34)cc2)c2ccccc12. The topological polar surface area (TPSA) is 25.8 Å². The first-order valence-corrected chi connectivity index (χ1v) is 18.9. The van der Waals surface area contributed by atoms with E-state index < -0.39 is 0 Å². The van der Waals surface area contributed by atoms with Gasteiger partial charge in [0.05, 0.1) is 22.9 Å². The van der Waals surface area contributed by atoms with Gasteiger partial charge in [-0.3, -0.25) is 4.98 Å². The number of hydrogen-bond donors (Lipinski definition) is 0. The van der Waals surface area contributed by atoms with Crippen LogP contribution in [0, 0.1) is 0 Å². The van der Waals surface area contributed by atoms with E-state index in [0.29, 0.717) is 0 Å². The van der Waals surface area contributed by atoms with E-state index in [4.69, 9.17) is 9.97 Å². The predicted octanol–water partition coefficient (Wildman–Crippen LogP) is 14.3. The molecule has 250 valence electrons. The molecule has 0 aliphatic rings. The zero-order chi connectivity index (χ0) is 35.5. The molecule has 0 spiro atoms. The van der Waals surface area contributed by atoms with Crippen molar-refractivity contribution in [2.75, 3.05) is 0 Å². The molecule has 0 atom stereocenters. The summed E-state index contributed by atoms with van der Waals surface area (Å²) in [5, 5.41) is 9.78. The number of fused-ring (bicyclic) bond motifs is 10. The normalized spacial score (nSPS) is 12.6. The van der Waals surface area contributed by atoms with Crippen molar-refractivity contribution in [3.8, 4) is 22.3 Å². The smallest absolute Gasteiger partial charge is 0.0979 e. The lowest BCUT2D eigenvalue weighted by atomic mass is 9.90. The van der Waals surface area contributed by atoms with Gasteiger partial charge in [-0.15, -0.1) is 11.3 Å². The molecule has 10 rings (SSSR count). The maximum atomic E-state index is 5.25. The number of allylic oxidation sites excluding steroid dienone is 4. The Bertz CT molecular complexity index is 3090. The first-order chi connectivity index (χ1) is 26.2. The van der Waals surface area contributed by atoms with Crippen molar-refractivity contribution in [2.24, 2.45) is 0 Å². The molecule has 0 saturated carbocycles. The summed E-state index contributed by atoms with van der Waals surface area (Å²) in [4.78, 5) is 10.3. The van der Waals surface area contributed by atoms with E-state index in [1.807, 2.05) is 17.5 Å². The summed E-state index contributed by atoms with van der Waals surface area (Å²) in [6.07, 6.45) is 6.38. The van der Waals surface area contributed by atoms with Crippen molar-refractivity contribution >= 4 is 86.0 Å². The molecule has 0 aliphatic heterocycles. The van der Waals surface area contributed by atoms with Crippen LogP contribution in [0.1, 0.15) is 25.1 Å². The van der Waals surface area contributed by atoms with Crippen LogP contribution in [-0.4, -0.2) is 9.97 Å². The Morgan fingerprint density at radius 2 is 1.09 bits per heavy atom. The first-order valence-electron chi connectivity index (χ1n) is 18.1. The van der Waals surface area contributed by atoms with Gasteiger partial charge in [0.25, 0.3) is 0 Å². The zero-order valence-corrected chi connectivity index (χ0v) is 30.3. The first kappa shape index (κ1) is 31.3. The van der Waals surface area contributed by atoms with E-state index in [0.717, 1.165) is 38.6 Å². The minimum atomic E-state index is 0.879. The number of benzene rings is 8. The molecule has 0 bridgehead atoms. The molecule has 0 aliphatic carbocycles. The van der Waals surface area contributed by atoms with Crippen molar-refractivity contribution in [2.45, 2.75) is 13.8 Å². The molecule has 53 heavy (non-hydrogen) atoms. The standard InChI is InChI=1S/C50H34N2S/c1-3-32(29-31(2)46-30-51-48-43-18-8-6-15-40(43)41-16-7-9-19-44(41)49(48)52-46)35-27-28-36(39-14-5-4-13-38(35)39)33-23-25-34(26-24-33)37-20-12-21-45-42-17-10-11-22-47(42)53-50(37)45/h3-30H,1-2H3/b31-29+,32-3+. The van der Waals surface area contributed by atoms with E-state index in [1.54, 1.807) is 0 Å². The third kappa shape index (κ3) is 5.16. The molecule has 0 fully saturated rings. The average molecular weight is 695 g/mol. The summed E-state index contributed by atoms with van der Waals surface area (Å²) in [5.41, 5.74) is 11.1. The van der Waals surface area contributed by atoms with Crippen molar-refractivity contribution < 1.29 is 0 Å². The molecular weight excluding hydrogens is 661 g/mol. The lowest BCUT2D eigenvalue weighted by Gasteiger charge is -2.14. The second kappa shape index (κ2) is 12.7. The van der Waals surface area contributed by atoms with Gasteiger partial charge in [-0.05, 0) is 86.5 Å². The highest BCUT2D eigenvalue weighted by atomic mass is 32.1. The van der Waals surface area contributed by atoms with Gasteiger partial charge < -0.3 is 0 Å². The Balaban J connectivity index is 1.02. The molecule has 0 saturated heterocycles. The van der Waals surface area contributed by atoms with E-state index >= 15 is 0 Å². The molecule has 8 aromatic carbocycles. The molecular formula is C50H34N2S. The predicted molar refractivity (Wildman–Crippen MR) is 230 cm³/mol. The molecule has 2 aromatic heterocycles. The Morgan fingerprint density at radius 3 is 1.81 bits per heavy atom. The van der Waals surface area contributed by atoms with Crippen LogP contribution >= 0.6 is 11.3 Å². The average Bonchev–Trinajstić information content (AvgIpc) is 3.61. The second-order valence-electron chi connectivity index (χ2n) is 13.7. The summed E-state index contributed by atoms with van der Waals surface area (Å²) in [6, 6.07) is 54.8. The van der Waals surface area contributed by atoms with E-state index in [9.17, 15) is 0 Å². The van der Waals surface area contributed by atoms with Crippen LogP contribution in [0.3, 0.4) is 0 Å². The third-order valence-corrected chi connectivity index (χ3v) is 11.9. The van der Waals surface area contributed by atoms with Crippen LogP contribution in [0.15, 0.2) is 170 Å². The minimum Gasteiger partial charge on any atom is -0.252 e. The number of nitrogens with zero attached hydrogens (tertiary/aromatic N) is 2. The quantitative estimate of drug-likeness (QED) is 0.132. The minimum absolute atomic E-state index is 0.879. The van der Waals surface area contributed by atoms with Crippen LogP contribution in [0.4, 0.5) is 0 Å². The maximum Gasteiger partial charge on any atom is 0.0979 e. The number of rotatable bonds is 5. The highest BCUT2D eigenvalue weighted by Crippen LogP contribution is 2.41. The largest absolute Gasteiger partial charge is 0.252 e. The van der Waals surface area contributed by atoms with Gasteiger partial charge in [0, 0.05) is 30.9 Å². The van der Waals surface area contributed by atoms with Gasteiger partial charge in [0.2, 0.25) is 0 Å². The maximum absolute atomic E-state index is 5.25. The van der Waals surface area contributed by atoms with Gasteiger partial charge in [0.15, 0.2) is 0 Å². The molecule has 0 amide bonds. The zero-order valence-electron chi connectivity index (χ0n) is 29.5. The Kier molecular flexibility index (Phi) is 7.48. The lowest BCUT2D eigenvalue weighted by molar-refractivity contribution is 1.26. The molecule has 2 heterocycles. The Hall–Kier alpha value is -6.42. The molecule has 0 unspecified atom stereocenters. The lowest BCUT2D eigenvalue weighted by Crippen LogP contribution is -1.94. The molecule has 3 heteroatoms. The van der Waals surface area contributed by atoms with Crippen LogP contribution in [0.25, 0.3) is 96.9 Å². The fraction of sp³-hybridized carbons (Fsp3) is 0.0400. The highest BCUT2D eigenvalue weighted by molar-refractivity contribution is 7.26. The highest BCUT2D eigenvalue weighted by Gasteiger charge is 2.15. The molecule has 2 nitrogen and oxygen atoms in total. The monoisotopic (exact) mass is 694 g/mol. The summed E-state index contributed by atoms with van der Waals surface area (Å²) >= 11 is 1.88. The van der Waals surface area contributed by atoms with Gasteiger partial charge in [-0.1, -0.05) is 152 Å². The Labute approximate surface area is 312 Å². The molecule has 0 N–H and O–H groups in total. The fourth-order valence-corrected chi connectivity index (χ4v) is 9.28. The molecule has 10 aromatic rings. The Morgan fingerprint density at radius 1 is 0.509 bits per heavy atom. The van der Waals surface area contributed by atoms with Gasteiger partial charge in [-0.2, -0.15) is 0 Å². The van der Waals surface area contributed by atoms with Crippen molar-refractivity contribution in [3.63, 3.8) is 0 Å². The molecule has 0 radical (unpaired) electrons. The fourth-order valence-electron chi connectivity index (χ4n) is 8.04. The summed E-state index contributed by atoms with van der Waals surface area (Å²) < 4.78 is 2.67. The third-order valence-electron chi connectivity index (χ3n) is 10.7. The van der Waals surface area contributed by atoms with Crippen LogP contribution in [0.5, 0.6) is 0 Å². The number of hydrogen-bond acceptors (Lipinski definition) is 3. The summed E-state index contributed by atoms with van der Waals surface area (Å²) in [5.74, 6) is 0. The van der Waals surface area contributed by atoms with Crippen LogP contribution < -0.4 is 0 Å². The van der Waals surface area contributed by atoms with Gasteiger partial charge in [0.1, 0.15) is 0 Å². The van der Waals surface area contributed by atoms with Gasteiger partial charge in [-0.25, -0.2) is 4.98 Å². The van der Waals surface area contributed by atoms with Crippen molar-refractivity contribution in [1.29, 1.82) is 0 Å². The van der Waals surface area contributed by atoms with E-state index in [2.05, 4.69) is 178 Å². The van der Waals surface area contributed by atoms with Crippen molar-refractivity contribution in [3.05, 3.63) is 181 Å². The van der Waals surface area contributed by atoms with Gasteiger partial charge >= 0.3 is 0 Å². The number of aromatic nitrogens is 2. The van der Waals surface area contributed by atoms with E-state index in [1.165, 1.54) is 69.5 Å². The summed E-state index contributed by atoms with van der Waals surface area (Å²) in [7, 11) is 0. The van der Waals surface area contributed by atoms with E-state index in [-0.39, 0.29) is 0 Å². The van der Waals surface area contributed by atoms with Crippen LogP contribution in [-0.2, 0) is 0 Å². The summed E-state index contributed by atoms with van der Waals surface area (Å²) in [6.45, 7) is 4.25.